The van der Waals surface area contributed by atoms with E-state index in [1.165, 1.54) is 32.4 Å². The Balaban J connectivity index is 0.00000210. The molecule has 1 fully saturated rings. The smallest absolute Gasteiger partial charge is 0.317 e. The second-order valence-corrected chi connectivity index (χ2v) is 7.66. The van der Waals surface area contributed by atoms with Gasteiger partial charge in [0.1, 0.15) is 5.92 Å². The predicted octanol–water partition coefficient (Wildman–Crippen LogP) is 4.89. The molecule has 0 bridgehead atoms. The van der Waals surface area contributed by atoms with Gasteiger partial charge in [-0.1, -0.05) is 48.5 Å². The van der Waals surface area contributed by atoms with Crippen molar-refractivity contribution < 1.29 is 9.53 Å². The molecule has 0 saturated carbocycles. The van der Waals surface area contributed by atoms with Crippen LogP contribution in [0, 0.1) is 5.92 Å². The molecule has 144 valence electrons. The van der Waals surface area contributed by atoms with Crippen molar-refractivity contribution in [3.05, 3.63) is 59.7 Å². The average Bonchev–Trinajstić information content (AvgIpc) is 3.01. The summed E-state index contributed by atoms with van der Waals surface area (Å²) in [4.78, 5) is 15.2. The molecule has 0 unspecified atom stereocenters. The van der Waals surface area contributed by atoms with Crippen LogP contribution in [0.2, 0.25) is 0 Å². The molecule has 1 heterocycles. The van der Waals surface area contributed by atoms with E-state index in [0.717, 1.165) is 34.6 Å². The summed E-state index contributed by atoms with van der Waals surface area (Å²) in [6.45, 7) is 2.92. The molecule has 1 aliphatic carbocycles. The molecule has 0 N–H and O–H groups in total. The molecular formula is C23H28ClNO2. The Morgan fingerprint density at radius 2 is 1.56 bits per heavy atom. The highest BCUT2D eigenvalue weighted by Gasteiger charge is 2.34. The van der Waals surface area contributed by atoms with Crippen molar-refractivity contribution in [3.63, 3.8) is 0 Å². The van der Waals surface area contributed by atoms with Crippen LogP contribution in [0.1, 0.15) is 42.7 Å². The van der Waals surface area contributed by atoms with Gasteiger partial charge in [0.05, 0.1) is 6.61 Å². The quantitative estimate of drug-likeness (QED) is 0.542. The van der Waals surface area contributed by atoms with Gasteiger partial charge in [0.2, 0.25) is 0 Å². The molecule has 0 atom stereocenters. The van der Waals surface area contributed by atoms with Crippen LogP contribution in [0.4, 0.5) is 0 Å². The Kier molecular flexibility index (Phi) is 6.56. The zero-order valence-electron chi connectivity index (χ0n) is 15.9. The molecule has 0 aromatic heterocycles. The minimum atomic E-state index is -0.272. The van der Waals surface area contributed by atoms with Crippen LogP contribution in [-0.2, 0) is 9.53 Å². The second-order valence-electron chi connectivity index (χ2n) is 7.66. The van der Waals surface area contributed by atoms with Crippen molar-refractivity contribution in [2.45, 2.75) is 31.6 Å². The zero-order chi connectivity index (χ0) is 17.9. The first kappa shape index (κ1) is 19.9. The van der Waals surface area contributed by atoms with Crippen molar-refractivity contribution in [1.29, 1.82) is 0 Å². The van der Waals surface area contributed by atoms with Gasteiger partial charge in [-0.25, -0.2) is 0 Å². The van der Waals surface area contributed by atoms with E-state index in [-0.39, 0.29) is 24.3 Å². The number of hydrogen-bond acceptors (Lipinski definition) is 3. The highest BCUT2D eigenvalue weighted by molar-refractivity contribution is 5.93. The number of ether oxygens (including phenoxy) is 1. The van der Waals surface area contributed by atoms with E-state index in [4.69, 9.17) is 4.74 Å². The van der Waals surface area contributed by atoms with Crippen LogP contribution in [-0.4, -0.2) is 37.6 Å². The molecule has 2 aromatic carbocycles. The first-order chi connectivity index (χ1) is 12.7. The number of benzene rings is 2. The Morgan fingerprint density at radius 1 is 1.00 bits per heavy atom. The molecule has 27 heavy (non-hydrogen) atoms. The average molecular weight is 386 g/mol. The number of carbonyl (C=O) groups excluding carboxylic acids is 1. The molecular weight excluding hydrogens is 358 g/mol. The van der Waals surface area contributed by atoms with Crippen molar-refractivity contribution in [2.24, 2.45) is 5.92 Å². The number of carbonyl (C=O) groups is 1. The number of nitrogens with zero attached hydrogens (tertiary/aromatic N) is 1. The van der Waals surface area contributed by atoms with Crippen molar-refractivity contribution in [2.75, 3.05) is 26.7 Å². The van der Waals surface area contributed by atoms with Crippen LogP contribution in [0.15, 0.2) is 48.5 Å². The Hall–Kier alpha value is -1.84. The second kappa shape index (κ2) is 8.90. The maximum absolute atomic E-state index is 12.8. The van der Waals surface area contributed by atoms with Crippen LogP contribution in [0.25, 0.3) is 11.1 Å². The number of rotatable bonds is 5. The summed E-state index contributed by atoms with van der Waals surface area (Å²) < 4.78 is 5.70. The minimum absolute atomic E-state index is 0. The topological polar surface area (TPSA) is 29.5 Å². The fraction of sp³-hybridized carbons (Fsp3) is 0.435. The molecule has 0 amide bonds. The monoisotopic (exact) mass is 385 g/mol. The molecule has 3 nitrogen and oxygen atoms in total. The third kappa shape index (κ3) is 4.20. The molecule has 0 spiro atoms. The molecule has 1 aliphatic heterocycles. The van der Waals surface area contributed by atoms with Gasteiger partial charge in [-0.15, -0.1) is 12.4 Å². The molecule has 0 radical (unpaired) electrons. The number of fused-ring (bicyclic) bond motifs is 3. The lowest BCUT2D eigenvalue weighted by Gasteiger charge is -2.28. The first-order valence-corrected chi connectivity index (χ1v) is 9.77. The SMILES string of the molecule is CN1CCC(CCCOC(=O)C2c3ccccc3-c3ccccc32)CC1.Cl. The van der Waals surface area contributed by atoms with Gasteiger partial charge >= 0.3 is 5.97 Å². The molecule has 4 heteroatoms. The van der Waals surface area contributed by atoms with Crippen LogP contribution in [0.5, 0.6) is 0 Å². The van der Waals surface area contributed by atoms with Gasteiger partial charge in [0.15, 0.2) is 0 Å². The van der Waals surface area contributed by atoms with Crippen molar-refractivity contribution in [3.8, 4) is 11.1 Å². The largest absolute Gasteiger partial charge is 0.465 e. The van der Waals surface area contributed by atoms with E-state index in [2.05, 4.69) is 36.2 Å². The maximum atomic E-state index is 12.8. The summed E-state index contributed by atoms with van der Waals surface area (Å²) in [5.74, 6) is 0.411. The van der Waals surface area contributed by atoms with Gasteiger partial charge < -0.3 is 9.64 Å². The Bertz CT molecular complexity index is 738. The summed E-state index contributed by atoms with van der Waals surface area (Å²) >= 11 is 0. The number of likely N-dealkylation sites (tertiary alicyclic amines) is 1. The normalized spacial score (nSPS) is 17.1. The van der Waals surface area contributed by atoms with E-state index in [1.54, 1.807) is 0 Å². The summed E-state index contributed by atoms with van der Waals surface area (Å²) in [5, 5.41) is 0. The van der Waals surface area contributed by atoms with Gasteiger partial charge in [-0.05, 0) is 74.0 Å². The number of hydrogen-bond donors (Lipinski definition) is 0. The summed E-state index contributed by atoms with van der Waals surface area (Å²) in [6, 6.07) is 16.4. The fourth-order valence-electron chi connectivity index (χ4n) is 4.39. The lowest BCUT2D eigenvalue weighted by molar-refractivity contribution is -0.144. The minimum Gasteiger partial charge on any atom is -0.465 e. The zero-order valence-corrected chi connectivity index (χ0v) is 16.7. The van der Waals surface area contributed by atoms with Crippen LogP contribution < -0.4 is 0 Å². The molecule has 2 aromatic rings. The van der Waals surface area contributed by atoms with Gasteiger partial charge in [0.25, 0.3) is 0 Å². The van der Waals surface area contributed by atoms with Crippen LogP contribution in [0.3, 0.4) is 0 Å². The number of piperidine rings is 1. The molecule has 4 rings (SSSR count). The predicted molar refractivity (Wildman–Crippen MR) is 111 cm³/mol. The van der Waals surface area contributed by atoms with Gasteiger partial charge in [-0.2, -0.15) is 0 Å². The summed E-state index contributed by atoms with van der Waals surface area (Å²) in [5.41, 5.74) is 4.48. The van der Waals surface area contributed by atoms with Crippen molar-refractivity contribution in [1.82, 2.24) is 4.90 Å². The fourth-order valence-corrected chi connectivity index (χ4v) is 4.39. The molecule has 1 saturated heterocycles. The van der Waals surface area contributed by atoms with Crippen LogP contribution >= 0.6 is 12.4 Å². The van der Waals surface area contributed by atoms with Gasteiger partial charge in [-0.3, -0.25) is 4.79 Å². The summed E-state index contributed by atoms with van der Waals surface area (Å²) in [7, 11) is 2.19. The molecule has 2 aliphatic rings. The highest BCUT2D eigenvalue weighted by Crippen LogP contribution is 2.45. The third-order valence-corrected chi connectivity index (χ3v) is 5.91. The standard InChI is InChI=1S/C23H27NO2.ClH/c1-24-14-12-17(13-15-24)7-6-16-26-23(25)22-20-10-4-2-8-18(20)19-9-3-5-11-21(19)22;/h2-5,8-11,17,22H,6-7,12-16H2,1H3;1H. The van der Waals surface area contributed by atoms with E-state index in [1.807, 2.05) is 24.3 Å². The van der Waals surface area contributed by atoms with E-state index in [0.29, 0.717) is 6.61 Å². The first-order valence-electron chi connectivity index (χ1n) is 9.77. The van der Waals surface area contributed by atoms with E-state index >= 15 is 0 Å². The summed E-state index contributed by atoms with van der Waals surface area (Å²) in [6.07, 6.45) is 4.68. The van der Waals surface area contributed by atoms with Crippen molar-refractivity contribution >= 4 is 18.4 Å². The number of esters is 1. The van der Waals surface area contributed by atoms with E-state index < -0.39 is 0 Å². The third-order valence-electron chi connectivity index (χ3n) is 5.91. The lowest BCUT2D eigenvalue weighted by atomic mass is 9.92. The number of halogens is 1. The Morgan fingerprint density at radius 3 is 2.15 bits per heavy atom. The maximum Gasteiger partial charge on any atom is 0.317 e. The van der Waals surface area contributed by atoms with Gasteiger partial charge in [0, 0.05) is 0 Å². The highest BCUT2D eigenvalue weighted by atomic mass is 35.5. The lowest BCUT2D eigenvalue weighted by Crippen LogP contribution is -2.30. The van der Waals surface area contributed by atoms with E-state index in [9.17, 15) is 4.79 Å². The Labute approximate surface area is 168 Å².